The lowest BCUT2D eigenvalue weighted by Gasteiger charge is -2.03. The molecule has 1 aromatic carbocycles. The summed E-state index contributed by atoms with van der Waals surface area (Å²) >= 11 is 0.949. The molecule has 0 unspecified atom stereocenters. The molecule has 2 N–H and O–H groups in total. The van der Waals surface area contributed by atoms with E-state index in [9.17, 15) is 13.6 Å². The van der Waals surface area contributed by atoms with Crippen LogP contribution in [-0.4, -0.2) is 34.0 Å². The summed E-state index contributed by atoms with van der Waals surface area (Å²) in [7, 11) is 1.39. The number of aromatic amines is 1. The summed E-state index contributed by atoms with van der Waals surface area (Å²) in [6, 6.07) is 3.27. The van der Waals surface area contributed by atoms with Crippen molar-refractivity contribution in [1.29, 1.82) is 0 Å². The third-order valence-electron chi connectivity index (χ3n) is 2.16. The Labute approximate surface area is 116 Å². The molecule has 2 rings (SSSR count). The van der Waals surface area contributed by atoms with Gasteiger partial charge in [0.25, 0.3) is 0 Å². The number of benzene rings is 1. The van der Waals surface area contributed by atoms with Crippen LogP contribution in [0.3, 0.4) is 0 Å². The predicted octanol–water partition coefficient (Wildman–Crippen LogP) is 1.82. The number of anilines is 1. The zero-order chi connectivity index (χ0) is 14.5. The van der Waals surface area contributed by atoms with Crippen LogP contribution in [0.4, 0.5) is 14.7 Å². The van der Waals surface area contributed by atoms with Crippen molar-refractivity contribution >= 4 is 23.6 Å². The lowest BCUT2D eigenvalue weighted by Crippen LogP contribution is -2.15. The second-order valence-corrected chi connectivity index (χ2v) is 4.60. The van der Waals surface area contributed by atoms with E-state index in [0.29, 0.717) is 0 Å². The van der Waals surface area contributed by atoms with Crippen molar-refractivity contribution < 1.29 is 18.3 Å². The zero-order valence-electron chi connectivity index (χ0n) is 10.3. The van der Waals surface area contributed by atoms with Gasteiger partial charge < -0.3 is 4.74 Å². The fourth-order valence-corrected chi connectivity index (χ4v) is 2.02. The monoisotopic (exact) mass is 300 g/mol. The minimum Gasteiger partial charge on any atom is -0.466 e. The Morgan fingerprint density at radius 2 is 2.30 bits per heavy atom. The van der Waals surface area contributed by atoms with Gasteiger partial charge in [-0.15, -0.1) is 16.9 Å². The molecule has 106 valence electrons. The highest BCUT2D eigenvalue weighted by atomic mass is 32.2. The summed E-state index contributed by atoms with van der Waals surface area (Å²) in [6.45, 7) is 0. The number of H-pyrrole nitrogens is 1. The summed E-state index contributed by atoms with van der Waals surface area (Å²) in [4.78, 5) is 15.6. The Hall–Kier alpha value is -2.16. The highest BCUT2D eigenvalue weighted by molar-refractivity contribution is 8.00. The van der Waals surface area contributed by atoms with E-state index in [0.717, 1.165) is 23.9 Å². The van der Waals surface area contributed by atoms with Gasteiger partial charge in [-0.25, -0.2) is 13.9 Å². The van der Waals surface area contributed by atoms with Gasteiger partial charge in [0.15, 0.2) is 0 Å². The van der Waals surface area contributed by atoms with E-state index >= 15 is 0 Å². The summed E-state index contributed by atoms with van der Waals surface area (Å²) in [5.74, 6) is -1.69. The molecule has 0 aliphatic rings. The second kappa shape index (κ2) is 6.33. The molecule has 1 aromatic heterocycles. The molecular formula is C11H10F2N4O2S. The number of halogens is 2. The molecule has 0 radical (unpaired) electrons. The number of rotatable bonds is 5. The van der Waals surface area contributed by atoms with Gasteiger partial charge in [-0.2, -0.15) is 4.98 Å². The average Bonchev–Trinajstić information content (AvgIpc) is 2.85. The number of carbonyl (C=O) groups excluding carboxylic acids is 1. The van der Waals surface area contributed by atoms with Crippen molar-refractivity contribution in [1.82, 2.24) is 15.2 Å². The van der Waals surface area contributed by atoms with Crippen LogP contribution in [-0.2, 0) is 4.79 Å². The molecule has 0 aliphatic carbocycles. The van der Waals surface area contributed by atoms with Gasteiger partial charge in [0.2, 0.25) is 11.9 Å². The lowest BCUT2D eigenvalue weighted by molar-refractivity contribution is -0.113. The first kappa shape index (κ1) is 14.3. The first-order chi connectivity index (χ1) is 9.58. The van der Waals surface area contributed by atoms with E-state index in [1.54, 1.807) is 0 Å². The van der Waals surface area contributed by atoms with Crippen LogP contribution < -0.4 is 10.1 Å². The fraction of sp³-hybridized carbons (Fsp3) is 0.182. The molecule has 0 bridgehead atoms. The fourth-order valence-electron chi connectivity index (χ4n) is 1.30. The standard InChI is InChI=1S/C11H10F2N4O2S/c1-19-11-15-10(16-17-11)14-9(18)5-20-8-3-2-6(12)4-7(8)13/h2-4H,5H2,1H3,(H2,14,15,16,17,18). The maximum absolute atomic E-state index is 13.3. The zero-order valence-corrected chi connectivity index (χ0v) is 11.1. The molecule has 0 saturated heterocycles. The molecule has 0 spiro atoms. The van der Waals surface area contributed by atoms with Crippen molar-refractivity contribution in [3.05, 3.63) is 29.8 Å². The Bertz CT molecular complexity index is 620. The minimum absolute atomic E-state index is 0.0500. The number of ether oxygens (including phenoxy) is 1. The normalized spacial score (nSPS) is 10.3. The van der Waals surface area contributed by atoms with Gasteiger partial charge in [-0.1, -0.05) is 0 Å². The predicted molar refractivity (Wildman–Crippen MR) is 68.6 cm³/mol. The molecule has 0 saturated carbocycles. The van der Waals surface area contributed by atoms with Gasteiger partial charge >= 0.3 is 6.01 Å². The van der Waals surface area contributed by atoms with Crippen LogP contribution in [0.2, 0.25) is 0 Å². The maximum atomic E-state index is 13.3. The number of hydrogen-bond acceptors (Lipinski definition) is 5. The SMILES string of the molecule is COc1n[nH]c(NC(=O)CSc2ccc(F)cc2F)n1. The van der Waals surface area contributed by atoms with Crippen LogP contribution in [0.25, 0.3) is 0 Å². The van der Waals surface area contributed by atoms with Gasteiger partial charge in [-0.05, 0) is 12.1 Å². The molecule has 2 aromatic rings. The number of methoxy groups -OCH3 is 1. The topological polar surface area (TPSA) is 79.9 Å². The number of nitrogens with one attached hydrogen (secondary N) is 2. The lowest BCUT2D eigenvalue weighted by atomic mass is 10.3. The van der Waals surface area contributed by atoms with E-state index in [-0.39, 0.29) is 22.6 Å². The third kappa shape index (κ3) is 3.67. The van der Waals surface area contributed by atoms with Crippen molar-refractivity contribution in [2.75, 3.05) is 18.2 Å². The van der Waals surface area contributed by atoms with Gasteiger partial charge in [0.1, 0.15) is 11.6 Å². The second-order valence-electron chi connectivity index (χ2n) is 3.58. The minimum atomic E-state index is -0.705. The van der Waals surface area contributed by atoms with E-state index in [2.05, 4.69) is 20.5 Å². The number of hydrogen-bond donors (Lipinski definition) is 2. The van der Waals surface area contributed by atoms with Crippen molar-refractivity contribution in [2.24, 2.45) is 0 Å². The van der Waals surface area contributed by atoms with Crippen LogP contribution in [0, 0.1) is 11.6 Å². The third-order valence-corrected chi connectivity index (χ3v) is 3.21. The van der Waals surface area contributed by atoms with E-state index in [1.165, 1.54) is 13.2 Å². The van der Waals surface area contributed by atoms with Crippen molar-refractivity contribution in [3.8, 4) is 6.01 Å². The Morgan fingerprint density at radius 1 is 1.50 bits per heavy atom. The van der Waals surface area contributed by atoms with E-state index < -0.39 is 17.5 Å². The van der Waals surface area contributed by atoms with Crippen LogP contribution in [0.15, 0.2) is 23.1 Å². The van der Waals surface area contributed by atoms with Gasteiger partial charge in [-0.3, -0.25) is 10.1 Å². The number of carbonyl (C=O) groups is 1. The number of amides is 1. The molecule has 1 amide bonds. The molecule has 0 atom stereocenters. The Balaban J connectivity index is 1.88. The van der Waals surface area contributed by atoms with Gasteiger partial charge in [0.05, 0.1) is 12.9 Å². The van der Waals surface area contributed by atoms with Crippen LogP contribution in [0.1, 0.15) is 0 Å². The largest absolute Gasteiger partial charge is 0.466 e. The van der Waals surface area contributed by atoms with Crippen LogP contribution in [0.5, 0.6) is 6.01 Å². The Kier molecular flexibility index (Phi) is 4.51. The molecule has 9 heteroatoms. The van der Waals surface area contributed by atoms with Gasteiger partial charge in [0, 0.05) is 11.0 Å². The molecule has 0 aliphatic heterocycles. The summed E-state index contributed by atoms with van der Waals surface area (Å²) in [5.41, 5.74) is 0. The maximum Gasteiger partial charge on any atom is 0.336 e. The number of nitrogens with zero attached hydrogens (tertiary/aromatic N) is 2. The van der Waals surface area contributed by atoms with E-state index in [4.69, 9.17) is 4.74 Å². The van der Waals surface area contributed by atoms with E-state index in [1.807, 2.05) is 0 Å². The average molecular weight is 300 g/mol. The summed E-state index contributed by atoms with van der Waals surface area (Å²) < 4.78 is 30.8. The number of aromatic nitrogens is 3. The first-order valence-electron chi connectivity index (χ1n) is 5.42. The first-order valence-corrected chi connectivity index (χ1v) is 6.41. The van der Waals surface area contributed by atoms with Crippen LogP contribution >= 0.6 is 11.8 Å². The molecule has 1 heterocycles. The molecule has 0 fully saturated rings. The highest BCUT2D eigenvalue weighted by Gasteiger charge is 2.10. The van der Waals surface area contributed by atoms with Crippen molar-refractivity contribution in [2.45, 2.75) is 4.90 Å². The quantitative estimate of drug-likeness (QED) is 0.823. The molecule has 20 heavy (non-hydrogen) atoms. The smallest absolute Gasteiger partial charge is 0.336 e. The highest BCUT2D eigenvalue weighted by Crippen LogP contribution is 2.22. The summed E-state index contributed by atoms with van der Waals surface area (Å²) in [6.07, 6.45) is 0. The molecule has 6 nitrogen and oxygen atoms in total. The Morgan fingerprint density at radius 3 is 2.95 bits per heavy atom. The summed E-state index contributed by atoms with van der Waals surface area (Å²) in [5, 5.41) is 8.53. The van der Waals surface area contributed by atoms with Crippen molar-refractivity contribution in [3.63, 3.8) is 0 Å². The molecular weight excluding hydrogens is 290 g/mol. The number of thioether (sulfide) groups is 1.